The molecule has 0 aromatic rings. The Morgan fingerprint density at radius 1 is 0.875 bits per heavy atom. The molecule has 3 unspecified atom stereocenters. The molecule has 2 aliphatic heterocycles. The number of thioether (sulfide) groups is 2. The number of aliphatic hydroxyl groups is 3. The fourth-order valence-electron chi connectivity index (χ4n) is 7.00. The summed E-state index contributed by atoms with van der Waals surface area (Å²) in [5, 5.41) is 37.7. The topological polar surface area (TPSA) is 218 Å². The number of aliphatic hydroxyl groups excluding tert-OH is 3. The second-order valence-electron chi connectivity index (χ2n) is 14.7. The van der Waals surface area contributed by atoms with Gasteiger partial charge in [-0.1, -0.05) is 25.3 Å². The minimum atomic E-state index is -1.26. The monoisotopic (exact) mass is 1130 g/mol. The molecule has 0 aromatic carbocycles. The Morgan fingerprint density at radius 3 is 1.98 bits per heavy atom. The standard InChI is InChI=1S/C37H63N5O9S3.Ac.Y/c1-24(52)54-28-21-31(46)42(36(28)50)22-25-13-15-26(16-14-25)35(49)41-19-8-3-6-12-29(44)39-17-7-2-5-11-30(45)40-18-9-4-10-20-53-37-32(38)34(48)33(47)27(23-43)51-37;;/h25-28,32-34,37-38,43,47-48,52H,2-23H2,1H3,(H,39,44)(H,40,45)(H,41,49);;/q-2;;/t25?,26?,27?,28?,32?,33-,34+,37-;;/m0../s1. The molecule has 1 saturated carbocycles. The van der Waals surface area contributed by atoms with Gasteiger partial charge in [-0.25, -0.2) is 4.58 Å². The molecule has 2 heterocycles. The van der Waals surface area contributed by atoms with Gasteiger partial charge in [0.05, 0.1) is 23.4 Å². The summed E-state index contributed by atoms with van der Waals surface area (Å²) in [6.07, 6.45) is 8.29. The van der Waals surface area contributed by atoms with Gasteiger partial charge in [0.1, 0.15) is 12.2 Å². The van der Waals surface area contributed by atoms with Gasteiger partial charge in [0, 0.05) is 128 Å². The van der Waals surface area contributed by atoms with Crippen LogP contribution in [-0.2, 0) is 61.4 Å². The van der Waals surface area contributed by atoms with Crippen molar-refractivity contribution in [1.82, 2.24) is 20.9 Å². The van der Waals surface area contributed by atoms with Crippen molar-refractivity contribution in [1.29, 1.82) is 0 Å². The van der Waals surface area contributed by atoms with E-state index in [1.807, 2.05) is 6.92 Å². The largest absolute Gasteiger partial charge is 0.670 e. The maximum atomic E-state index is 12.7. The van der Waals surface area contributed by atoms with E-state index in [-0.39, 0.29) is 130 Å². The molecule has 6 atom stereocenters. The van der Waals surface area contributed by atoms with Gasteiger partial charge in [0.15, 0.2) is 0 Å². The van der Waals surface area contributed by atoms with Crippen molar-refractivity contribution < 1.29 is 121 Å². The van der Waals surface area contributed by atoms with Gasteiger partial charge in [-0.15, -0.1) is 11.8 Å². The van der Waals surface area contributed by atoms with Gasteiger partial charge < -0.3 is 66.1 Å². The molecular formula is C37H63AcN5O9S3Y-2. The van der Waals surface area contributed by atoms with Crippen molar-refractivity contribution in [3.05, 3.63) is 10.3 Å². The van der Waals surface area contributed by atoms with Crippen LogP contribution in [0.3, 0.4) is 0 Å². The molecule has 2 saturated heterocycles. The minimum absolute atomic E-state index is 0. The Labute approximate surface area is 408 Å². The summed E-state index contributed by atoms with van der Waals surface area (Å²) in [6, 6.07) is -0.977. The maximum absolute atomic E-state index is 12.7. The number of carbonyl (C=O) groups excluding carboxylic acids is 5. The first-order chi connectivity index (χ1) is 25.9. The summed E-state index contributed by atoms with van der Waals surface area (Å²) in [6.45, 7) is 3.61. The van der Waals surface area contributed by atoms with Crippen LogP contribution < -0.4 is 16.0 Å². The zero-order chi connectivity index (χ0) is 39.5. The van der Waals surface area contributed by atoms with Crippen molar-refractivity contribution in [3.8, 4) is 0 Å². The van der Waals surface area contributed by atoms with Crippen LogP contribution in [0, 0.1) is 60.5 Å². The Balaban J connectivity index is 0.00000784. The summed E-state index contributed by atoms with van der Waals surface area (Å²) in [5.74, 6) is 0.765. The first kappa shape index (κ1) is 55.0. The number of nitrogens with one attached hydrogen (secondary N) is 4. The smallest absolute Gasteiger partial charge is 0.240 e. The molecule has 2 radical (unpaired) electrons. The minimum Gasteiger partial charge on any atom is -0.670 e. The predicted molar refractivity (Wildman–Crippen MR) is 214 cm³/mol. The first-order valence-corrected chi connectivity index (χ1v) is 22.1. The summed E-state index contributed by atoms with van der Waals surface area (Å²) in [4.78, 5) is 63.4. The molecule has 0 aromatic heterocycles. The normalized spacial score (nSPS) is 26.4. The molecule has 1 aliphatic carbocycles. The van der Waals surface area contributed by atoms with Gasteiger partial charge in [-0.3, -0.25) is 28.9 Å². The number of imide groups is 1. The van der Waals surface area contributed by atoms with E-state index < -0.39 is 36.4 Å². The number of ether oxygens (including phenoxy) is 1. The van der Waals surface area contributed by atoms with Crippen molar-refractivity contribution in [2.24, 2.45) is 11.8 Å². The number of hydrogen-bond donors (Lipinski definition) is 7. The molecule has 5 amide bonds. The van der Waals surface area contributed by atoms with Crippen LogP contribution in [0.4, 0.5) is 0 Å². The summed E-state index contributed by atoms with van der Waals surface area (Å²) < 4.78 is 6.32. The van der Waals surface area contributed by atoms with E-state index in [1.165, 1.54) is 28.4 Å². The predicted octanol–water partition coefficient (Wildman–Crippen LogP) is 3.32. The van der Waals surface area contributed by atoms with E-state index in [2.05, 4.69) is 28.6 Å². The average Bonchev–Trinajstić information content (AvgIpc) is 3.40. The Hall–Kier alpha value is 0.945. The molecule has 14 nitrogen and oxygen atoms in total. The number of nitrogens with zero attached hydrogens (tertiary/aromatic N) is 1. The van der Waals surface area contributed by atoms with Crippen LogP contribution in [0.2, 0.25) is 0 Å². The number of amides is 5. The van der Waals surface area contributed by atoms with E-state index in [4.69, 9.17) is 10.5 Å². The first-order valence-electron chi connectivity index (χ1n) is 19.7. The summed E-state index contributed by atoms with van der Waals surface area (Å²) >= 11 is 6.99. The van der Waals surface area contributed by atoms with Crippen molar-refractivity contribution in [3.63, 3.8) is 0 Å². The SMILES string of the molecule is C[C-](S)SC1CC(=O)N(CC2CCC(C(=O)NCCCCCC(=O)NCCCCCC(=O)NCCCCCS[C@@H]3OC(CO)[C@H](O)[C@H](O)C3[NH-])CC2)C1=O.[Ac].[Y]. The average molecular weight is 1130 g/mol. The fourth-order valence-corrected chi connectivity index (χ4v) is 9.44. The van der Waals surface area contributed by atoms with Gasteiger partial charge in [0.2, 0.25) is 29.5 Å². The van der Waals surface area contributed by atoms with Crippen LogP contribution >= 0.6 is 36.2 Å². The van der Waals surface area contributed by atoms with Crippen molar-refractivity contribution in [2.45, 2.75) is 145 Å². The molecule has 0 bridgehead atoms. The number of likely N-dealkylation sites (tertiary alicyclic amines) is 1. The van der Waals surface area contributed by atoms with Gasteiger partial charge >= 0.3 is 0 Å². The number of thiol groups is 1. The Bertz CT molecular complexity index is 1190. The third kappa shape index (κ3) is 20.2. The zero-order valence-corrected chi connectivity index (χ0v) is 42.9. The molecule has 3 fully saturated rings. The van der Waals surface area contributed by atoms with Gasteiger partial charge in [-0.05, 0) is 75.9 Å². The molecule has 316 valence electrons. The quantitative estimate of drug-likeness (QED) is 0.0305. The number of rotatable bonds is 25. The van der Waals surface area contributed by atoms with E-state index in [0.717, 1.165) is 88.1 Å². The molecule has 7 N–H and O–H groups in total. The van der Waals surface area contributed by atoms with Crippen molar-refractivity contribution in [2.75, 3.05) is 38.5 Å². The summed E-state index contributed by atoms with van der Waals surface area (Å²) in [5.41, 5.74) is 7.42. The second kappa shape index (κ2) is 30.9. The Morgan fingerprint density at radius 2 is 1.43 bits per heavy atom. The third-order valence-corrected chi connectivity index (χ3v) is 12.8. The van der Waals surface area contributed by atoms with E-state index in [1.54, 1.807) is 0 Å². The summed E-state index contributed by atoms with van der Waals surface area (Å²) in [7, 11) is 0. The molecule has 3 rings (SSSR count). The molecule has 19 heteroatoms. The number of hydrogen-bond acceptors (Lipinski definition) is 12. The van der Waals surface area contributed by atoms with Crippen LogP contribution in [0.15, 0.2) is 0 Å². The van der Waals surface area contributed by atoms with Gasteiger partial charge in [-0.2, -0.15) is 6.92 Å². The van der Waals surface area contributed by atoms with E-state index >= 15 is 0 Å². The molecule has 56 heavy (non-hydrogen) atoms. The van der Waals surface area contributed by atoms with Crippen LogP contribution in [-0.4, -0.2) is 123 Å². The van der Waals surface area contributed by atoms with Crippen molar-refractivity contribution >= 4 is 65.7 Å². The molecule has 3 aliphatic rings. The zero-order valence-electron chi connectivity index (χ0n) is 32.8. The fraction of sp³-hybridized carbons (Fsp3) is 0.838. The van der Waals surface area contributed by atoms with Gasteiger partial charge in [0.25, 0.3) is 0 Å². The maximum Gasteiger partial charge on any atom is 0.240 e. The van der Waals surface area contributed by atoms with Crippen LogP contribution in [0.1, 0.15) is 110 Å². The van der Waals surface area contributed by atoms with E-state index in [0.29, 0.717) is 44.8 Å². The van der Waals surface area contributed by atoms with Crippen LogP contribution in [0.25, 0.3) is 5.73 Å². The third-order valence-electron chi connectivity index (χ3n) is 10.3. The number of carbonyl (C=O) groups is 5. The molecular weight excluding hydrogens is 1070 g/mol. The molecule has 0 spiro atoms. The Kier molecular flexibility index (Phi) is 30.3. The van der Waals surface area contributed by atoms with E-state index in [9.17, 15) is 39.3 Å². The second-order valence-corrected chi connectivity index (χ2v) is 18.3. The number of unbranched alkanes of at least 4 members (excludes halogenated alkanes) is 6. The van der Waals surface area contributed by atoms with Crippen LogP contribution in [0.5, 0.6) is 0 Å².